The Hall–Kier alpha value is -3.43. The number of aliphatic carboxylic acids is 1. The van der Waals surface area contributed by atoms with Crippen LogP contribution < -0.4 is 5.32 Å². The van der Waals surface area contributed by atoms with Crippen LogP contribution in [0.25, 0.3) is 0 Å². The van der Waals surface area contributed by atoms with E-state index in [0.29, 0.717) is 12.8 Å². The molecule has 0 aromatic heterocycles. The van der Waals surface area contributed by atoms with Crippen molar-refractivity contribution >= 4 is 29.7 Å². The maximum Gasteiger partial charge on any atom is 0.408 e. The summed E-state index contributed by atoms with van der Waals surface area (Å²) in [6.07, 6.45) is 0.872. The van der Waals surface area contributed by atoms with Crippen LogP contribution in [0.15, 0.2) is 30.3 Å². The fraction of sp³-hybridized carbons (Fsp3) is 0.577. The lowest BCUT2D eigenvalue weighted by molar-refractivity contribution is -0.161. The first-order chi connectivity index (χ1) is 16.7. The number of carbonyl (C=O) groups is 5. The monoisotopic (exact) mass is 504 g/mol. The molecule has 2 rings (SSSR count). The molecule has 1 aliphatic rings. The molecule has 0 bridgehead atoms. The Bertz CT molecular complexity index is 968. The Morgan fingerprint density at radius 3 is 2.28 bits per heavy atom. The molecule has 1 heterocycles. The second-order valence-corrected chi connectivity index (χ2v) is 10.6. The molecule has 10 heteroatoms. The summed E-state index contributed by atoms with van der Waals surface area (Å²) < 4.78 is 10.6. The van der Waals surface area contributed by atoms with E-state index in [1.54, 1.807) is 45.0 Å². The number of carboxylic acid groups (broad SMARTS) is 1. The summed E-state index contributed by atoms with van der Waals surface area (Å²) in [4.78, 5) is 63.7. The van der Waals surface area contributed by atoms with E-state index in [0.717, 1.165) is 10.5 Å². The van der Waals surface area contributed by atoms with Gasteiger partial charge in [0.25, 0.3) is 5.91 Å². The number of ether oxygens (including phenoxy) is 2. The first-order valence-electron chi connectivity index (χ1n) is 12.0. The van der Waals surface area contributed by atoms with Crippen molar-refractivity contribution < 1.29 is 38.6 Å². The fourth-order valence-corrected chi connectivity index (χ4v) is 3.76. The average Bonchev–Trinajstić information content (AvgIpc) is 2.80. The van der Waals surface area contributed by atoms with Crippen LogP contribution in [0, 0.1) is 5.41 Å². The molecule has 2 atom stereocenters. The third-order valence-corrected chi connectivity index (χ3v) is 5.69. The number of rotatable bonds is 9. The lowest BCUT2D eigenvalue weighted by atomic mass is 9.87. The Balaban J connectivity index is 2.09. The summed E-state index contributed by atoms with van der Waals surface area (Å²) in [5.74, 6) is -3.70. The summed E-state index contributed by atoms with van der Waals surface area (Å²) in [5.41, 5.74) is -1.41. The van der Waals surface area contributed by atoms with Crippen molar-refractivity contribution in [1.29, 1.82) is 0 Å². The molecule has 198 valence electrons. The molecular weight excluding hydrogens is 468 g/mol. The minimum absolute atomic E-state index is 0.125. The van der Waals surface area contributed by atoms with Crippen LogP contribution in [0.5, 0.6) is 0 Å². The van der Waals surface area contributed by atoms with Gasteiger partial charge < -0.3 is 24.8 Å². The Labute approximate surface area is 211 Å². The van der Waals surface area contributed by atoms with Gasteiger partial charge in [-0.05, 0) is 59.4 Å². The molecule has 1 aliphatic heterocycles. The van der Waals surface area contributed by atoms with Crippen molar-refractivity contribution in [2.24, 2.45) is 5.41 Å². The van der Waals surface area contributed by atoms with Crippen LogP contribution in [0.1, 0.15) is 59.4 Å². The molecule has 2 N–H and O–H groups in total. The first-order valence-corrected chi connectivity index (χ1v) is 12.0. The topological polar surface area (TPSA) is 139 Å². The predicted octanol–water partition coefficient (Wildman–Crippen LogP) is 2.73. The Morgan fingerprint density at radius 1 is 1.06 bits per heavy atom. The van der Waals surface area contributed by atoms with Gasteiger partial charge in [-0.3, -0.25) is 9.59 Å². The van der Waals surface area contributed by atoms with Gasteiger partial charge in [-0.1, -0.05) is 30.3 Å². The van der Waals surface area contributed by atoms with Crippen molar-refractivity contribution in [3.05, 3.63) is 35.9 Å². The predicted molar refractivity (Wildman–Crippen MR) is 130 cm³/mol. The molecule has 2 amide bonds. The number of nitrogens with one attached hydrogen (secondary N) is 1. The van der Waals surface area contributed by atoms with E-state index in [4.69, 9.17) is 9.47 Å². The van der Waals surface area contributed by atoms with Gasteiger partial charge in [-0.25, -0.2) is 14.4 Å². The number of esters is 1. The highest BCUT2D eigenvalue weighted by Gasteiger charge is 2.42. The Kier molecular flexibility index (Phi) is 9.61. The number of likely N-dealkylation sites (tertiary alicyclic amines) is 1. The molecule has 1 saturated heterocycles. The number of benzene rings is 1. The van der Waals surface area contributed by atoms with Gasteiger partial charge in [0.05, 0.1) is 5.41 Å². The van der Waals surface area contributed by atoms with Gasteiger partial charge in [-0.2, -0.15) is 0 Å². The van der Waals surface area contributed by atoms with E-state index in [2.05, 4.69) is 5.32 Å². The van der Waals surface area contributed by atoms with Crippen LogP contribution in [-0.4, -0.2) is 70.6 Å². The number of piperidine rings is 1. The van der Waals surface area contributed by atoms with Crippen LogP contribution >= 0.6 is 0 Å². The molecule has 1 fully saturated rings. The number of alkyl carbamates (subject to hydrolysis) is 1. The molecule has 0 spiro atoms. The quantitative estimate of drug-likeness (QED) is 0.387. The lowest BCUT2D eigenvalue weighted by Crippen LogP contribution is -2.53. The van der Waals surface area contributed by atoms with Gasteiger partial charge in [0.1, 0.15) is 24.3 Å². The second-order valence-electron chi connectivity index (χ2n) is 10.6. The number of hydrogen-bond acceptors (Lipinski definition) is 7. The number of ketones is 1. The van der Waals surface area contributed by atoms with E-state index < -0.39 is 59.4 Å². The number of carbonyl (C=O) groups excluding carboxylic acids is 4. The zero-order valence-corrected chi connectivity index (χ0v) is 21.5. The van der Waals surface area contributed by atoms with Crippen molar-refractivity contribution in [1.82, 2.24) is 10.2 Å². The molecule has 0 unspecified atom stereocenters. The molecule has 0 aliphatic carbocycles. The van der Waals surface area contributed by atoms with E-state index in [1.807, 2.05) is 6.07 Å². The number of carboxylic acids is 1. The van der Waals surface area contributed by atoms with E-state index >= 15 is 0 Å². The SMILES string of the molecule is CC(C)(C)OC(=O)N[C@@H](Cc1ccccc1)C(=O)OCC(C)(C)C(=O)C(=O)N1CCCC[C@H]1C(=O)O. The molecule has 0 saturated carbocycles. The first kappa shape index (κ1) is 28.8. The number of nitrogens with zero attached hydrogens (tertiary/aromatic N) is 1. The van der Waals surface area contributed by atoms with E-state index in [-0.39, 0.29) is 19.4 Å². The van der Waals surface area contributed by atoms with Crippen LogP contribution in [-0.2, 0) is 35.1 Å². The highest BCUT2D eigenvalue weighted by molar-refractivity contribution is 6.38. The van der Waals surface area contributed by atoms with E-state index in [9.17, 15) is 29.1 Å². The summed E-state index contributed by atoms with van der Waals surface area (Å²) in [7, 11) is 0. The third-order valence-electron chi connectivity index (χ3n) is 5.69. The Morgan fingerprint density at radius 2 is 1.69 bits per heavy atom. The highest BCUT2D eigenvalue weighted by Crippen LogP contribution is 2.24. The van der Waals surface area contributed by atoms with Gasteiger partial charge in [0, 0.05) is 13.0 Å². The molecule has 10 nitrogen and oxygen atoms in total. The molecular formula is C26H36N2O8. The summed E-state index contributed by atoms with van der Waals surface area (Å²) >= 11 is 0. The van der Waals surface area contributed by atoms with Crippen LogP contribution in [0.2, 0.25) is 0 Å². The van der Waals surface area contributed by atoms with Crippen molar-refractivity contribution in [3.8, 4) is 0 Å². The smallest absolute Gasteiger partial charge is 0.408 e. The number of Topliss-reactive ketones (excluding diaryl/α,β-unsaturated/α-hetero) is 1. The van der Waals surface area contributed by atoms with Crippen LogP contribution in [0.4, 0.5) is 4.79 Å². The summed E-state index contributed by atoms with van der Waals surface area (Å²) in [6.45, 7) is 7.74. The van der Waals surface area contributed by atoms with Crippen molar-refractivity contribution in [2.45, 2.75) is 78.0 Å². The molecule has 36 heavy (non-hydrogen) atoms. The van der Waals surface area contributed by atoms with Gasteiger partial charge in [0.15, 0.2) is 0 Å². The minimum atomic E-state index is -1.41. The van der Waals surface area contributed by atoms with Crippen LogP contribution in [0.3, 0.4) is 0 Å². The van der Waals surface area contributed by atoms with E-state index in [1.165, 1.54) is 13.8 Å². The lowest BCUT2D eigenvalue weighted by Gasteiger charge is -2.34. The zero-order chi connectivity index (χ0) is 27.1. The zero-order valence-electron chi connectivity index (χ0n) is 21.5. The highest BCUT2D eigenvalue weighted by atomic mass is 16.6. The maximum atomic E-state index is 13.0. The normalized spacial score (nSPS) is 17.0. The summed E-state index contributed by atoms with van der Waals surface area (Å²) in [5, 5.41) is 11.9. The minimum Gasteiger partial charge on any atom is -0.480 e. The summed E-state index contributed by atoms with van der Waals surface area (Å²) in [6, 6.07) is 6.85. The standard InChI is InChI=1S/C26H36N2O8/c1-25(2,3)36-24(34)27-18(15-17-11-7-6-8-12-17)23(33)35-16-26(4,5)20(29)21(30)28-14-10-9-13-19(28)22(31)32/h6-8,11-12,18-19H,9-10,13-16H2,1-5H3,(H,27,34)(H,31,32)/t18-,19-/m0/s1. The third kappa shape index (κ3) is 8.35. The number of hydrogen-bond donors (Lipinski definition) is 2. The maximum absolute atomic E-state index is 13.0. The van der Waals surface area contributed by atoms with Gasteiger partial charge >= 0.3 is 18.0 Å². The van der Waals surface area contributed by atoms with Gasteiger partial charge in [-0.15, -0.1) is 0 Å². The fourth-order valence-electron chi connectivity index (χ4n) is 3.76. The largest absolute Gasteiger partial charge is 0.480 e. The van der Waals surface area contributed by atoms with Crippen molar-refractivity contribution in [3.63, 3.8) is 0 Å². The van der Waals surface area contributed by atoms with Crippen molar-refractivity contribution in [2.75, 3.05) is 13.2 Å². The van der Waals surface area contributed by atoms with Gasteiger partial charge in [0.2, 0.25) is 5.78 Å². The molecule has 1 aromatic rings. The molecule has 0 radical (unpaired) electrons. The molecule has 1 aromatic carbocycles. The number of amides is 2. The average molecular weight is 505 g/mol. The second kappa shape index (κ2) is 12.0.